The smallest absolute Gasteiger partial charge is 0.123 e. The summed E-state index contributed by atoms with van der Waals surface area (Å²) >= 11 is 0. The number of ether oxygens (including phenoxy) is 1. The summed E-state index contributed by atoms with van der Waals surface area (Å²) in [6, 6.07) is 9.09. The largest absolute Gasteiger partial charge is 0.488 e. The van der Waals surface area contributed by atoms with E-state index in [2.05, 4.69) is 55.3 Å². The molecule has 0 bridgehead atoms. The Balaban J connectivity index is 1.68. The first-order valence-electron chi connectivity index (χ1n) is 8.37. The van der Waals surface area contributed by atoms with Gasteiger partial charge in [-0.15, -0.1) is 0 Å². The zero-order chi connectivity index (χ0) is 14.9. The van der Waals surface area contributed by atoms with Crippen molar-refractivity contribution < 1.29 is 4.74 Å². The number of rotatable bonds is 4. The van der Waals surface area contributed by atoms with Crippen molar-refractivity contribution in [1.29, 1.82) is 0 Å². The normalized spacial score (nSPS) is 32.7. The van der Waals surface area contributed by atoms with Gasteiger partial charge in [-0.25, -0.2) is 0 Å². The van der Waals surface area contributed by atoms with Gasteiger partial charge in [0.1, 0.15) is 11.9 Å². The number of nitrogens with zero attached hydrogens (tertiary/aromatic N) is 1. The highest BCUT2D eigenvalue weighted by molar-refractivity contribution is 5.37. The second-order valence-corrected chi connectivity index (χ2v) is 6.79. The fourth-order valence-corrected chi connectivity index (χ4v) is 3.55. The highest BCUT2D eigenvalue weighted by Gasteiger charge is 2.38. The summed E-state index contributed by atoms with van der Waals surface area (Å²) in [5.41, 5.74) is 1.62. The SMILES string of the molecule is CCC1CN(CC2Cc3ccccc3O2)C(C)(CC)CN1. The highest BCUT2D eigenvalue weighted by Crippen LogP contribution is 2.31. The number of nitrogens with one attached hydrogen (secondary N) is 1. The average Bonchev–Trinajstić information content (AvgIpc) is 2.92. The number of piperazine rings is 1. The Morgan fingerprint density at radius 1 is 1.33 bits per heavy atom. The van der Waals surface area contributed by atoms with E-state index >= 15 is 0 Å². The van der Waals surface area contributed by atoms with Gasteiger partial charge < -0.3 is 10.1 Å². The van der Waals surface area contributed by atoms with Gasteiger partial charge in [0.2, 0.25) is 0 Å². The molecule has 2 heterocycles. The van der Waals surface area contributed by atoms with E-state index in [9.17, 15) is 0 Å². The molecule has 3 heteroatoms. The zero-order valence-electron chi connectivity index (χ0n) is 13.6. The van der Waals surface area contributed by atoms with Crippen molar-refractivity contribution >= 4 is 0 Å². The Morgan fingerprint density at radius 3 is 2.86 bits per heavy atom. The fourth-order valence-electron chi connectivity index (χ4n) is 3.55. The van der Waals surface area contributed by atoms with E-state index in [1.165, 1.54) is 18.4 Å². The van der Waals surface area contributed by atoms with Crippen LogP contribution in [0.15, 0.2) is 24.3 Å². The first-order valence-corrected chi connectivity index (χ1v) is 8.37. The van der Waals surface area contributed by atoms with E-state index in [-0.39, 0.29) is 5.54 Å². The molecule has 2 aliphatic rings. The van der Waals surface area contributed by atoms with Crippen LogP contribution in [0.4, 0.5) is 0 Å². The molecular formula is C18H28N2O. The molecule has 116 valence electrons. The maximum absolute atomic E-state index is 6.15. The third kappa shape index (κ3) is 2.95. The van der Waals surface area contributed by atoms with Gasteiger partial charge in [-0.05, 0) is 31.4 Å². The average molecular weight is 288 g/mol. The Kier molecular flexibility index (Phi) is 4.23. The molecule has 1 aromatic carbocycles. The molecule has 0 spiro atoms. The number of para-hydroxylation sites is 1. The van der Waals surface area contributed by atoms with Crippen molar-refractivity contribution in [3.63, 3.8) is 0 Å². The van der Waals surface area contributed by atoms with Crippen LogP contribution in [0.2, 0.25) is 0 Å². The maximum Gasteiger partial charge on any atom is 0.123 e. The van der Waals surface area contributed by atoms with E-state index in [0.29, 0.717) is 12.1 Å². The molecule has 1 aromatic rings. The summed E-state index contributed by atoms with van der Waals surface area (Å²) in [6.07, 6.45) is 3.73. The van der Waals surface area contributed by atoms with Crippen LogP contribution in [-0.4, -0.2) is 42.2 Å². The summed E-state index contributed by atoms with van der Waals surface area (Å²) in [7, 11) is 0. The molecule has 0 amide bonds. The van der Waals surface area contributed by atoms with Crippen LogP contribution in [0.1, 0.15) is 39.2 Å². The standard InChI is InChI=1S/C18H28N2O/c1-4-15-11-20(18(3,5-2)13-19-15)12-16-10-14-8-6-7-9-17(14)21-16/h6-9,15-16,19H,4-5,10-13H2,1-3H3. The fraction of sp³-hybridized carbons (Fsp3) is 0.667. The number of hydrogen-bond acceptors (Lipinski definition) is 3. The lowest BCUT2D eigenvalue weighted by Crippen LogP contribution is -2.64. The minimum atomic E-state index is 0.254. The van der Waals surface area contributed by atoms with E-state index in [0.717, 1.165) is 31.8 Å². The van der Waals surface area contributed by atoms with E-state index in [4.69, 9.17) is 4.74 Å². The van der Waals surface area contributed by atoms with Gasteiger partial charge in [0, 0.05) is 37.6 Å². The van der Waals surface area contributed by atoms with Gasteiger partial charge in [-0.3, -0.25) is 4.90 Å². The highest BCUT2D eigenvalue weighted by atomic mass is 16.5. The van der Waals surface area contributed by atoms with Crippen molar-refractivity contribution in [2.24, 2.45) is 0 Å². The zero-order valence-corrected chi connectivity index (χ0v) is 13.6. The first kappa shape index (κ1) is 14.9. The molecule has 21 heavy (non-hydrogen) atoms. The molecule has 3 atom stereocenters. The maximum atomic E-state index is 6.15. The van der Waals surface area contributed by atoms with Crippen LogP contribution < -0.4 is 10.1 Å². The molecule has 0 aliphatic carbocycles. The molecular weight excluding hydrogens is 260 g/mol. The van der Waals surface area contributed by atoms with Crippen LogP contribution in [0.5, 0.6) is 5.75 Å². The van der Waals surface area contributed by atoms with Gasteiger partial charge in [0.15, 0.2) is 0 Å². The van der Waals surface area contributed by atoms with Gasteiger partial charge in [-0.2, -0.15) is 0 Å². The molecule has 0 saturated carbocycles. The van der Waals surface area contributed by atoms with Crippen LogP contribution in [-0.2, 0) is 6.42 Å². The summed E-state index contributed by atoms with van der Waals surface area (Å²) in [4.78, 5) is 2.66. The van der Waals surface area contributed by atoms with E-state index in [1.54, 1.807) is 0 Å². The molecule has 1 fully saturated rings. The van der Waals surface area contributed by atoms with Crippen molar-refractivity contribution in [3.8, 4) is 5.75 Å². The second-order valence-electron chi connectivity index (χ2n) is 6.79. The molecule has 0 radical (unpaired) electrons. The predicted molar refractivity (Wildman–Crippen MR) is 86.9 cm³/mol. The monoisotopic (exact) mass is 288 g/mol. The number of fused-ring (bicyclic) bond motifs is 1. The minimum absolute atomic E-state index is 0.254. The topological polar surface area (TPSA) is 24.5 Å². The third-order valence-corrected chi connectivity index (χ3v) is 5.37. The van der Waals surface area contributed by atoms with E-state index in [1.807, 2.05) is 0 Å². The molecule has 0 aromatic heterocycles. The number of benzene rings is 1. The number of hydrogen-bond donors (Lipinski definition) is 1. The van der Waals surface area contributed by atoms with Crippen molar-refractivity contribution in [3.05, 3.63) is 29.8 Å². The lowest BCUT2D eigenvalue weighted by Gasteiger charge is -2.48. The quantitative estimate of drug-likeness (QED) is 0.922. The van der Waals surface area contributed by atoms with Crippen LogP contribution in [0.3, 0.4) is 0 Å². The Morgan fingerprint density at radius 2 is 2.14 bits per heavy atom. The molecule has 3 nitrogen and oxygen atoms in total. The van der Waals surface area contributed by atoms with Crippen LogP contribution in [0.25, 0.3) is 0 Å². The van der Waals surface area contributed by atoms with Gasteiger partial charge in [0.25, 0.3) is 0 Å². The van der Waals surface area contributed by atoms with Crippen molar-refractivity contribution in [2.45, 2.75) is 57.7 Å². The molecule has 1 saturated heterocycles. The Bertz CT molecular complexity index is 465. The lowest BCUT2D eigenvalue weighted by atomic mass is 9.91. The van der Waals surface area contributed by atoms with E-state index < -0.39 is 0 Å². The second kappa shape index (κ2) is 5.98. The summed E-state index contributed by atoms with van der Waals surface area (Å²) in [5, 5.41) is 3.70. The van der Waals surface area contributed by atoms with Crippen LogP contribution >= 0.6 is 0 Å². The molecule has 3 rings (SSSR count). The van der Waals surface area contributed by atoms with Gasteiger partial charge >= 0.3 is 0 Å². The molecule has 1 N–H and O–H groups in total. The summed E-state index contributed by atoms with van der Waals surface area (Å²) in [5.74, 6) is 1.09. The van der Waals surface area contributed by atoms with Gasteiger partial charge in [0.05, 0.1) is 0 Å². The van der Waals surface area contributed by atoms with Crippen molar-refractivity contribution in [2.75, 3.05) is 19.6 Å². The Hall–Kier alpha value is -1.06. The minimum Gasteiger partial charge on any atom is -0.488 e. The summed E-state index contributed by atoms with van der Waals surface area (Å²) < 4.78 is 6.15. The lowest BCUT2D eigenvalue weighted by molar-refractivity contribution is 0.0191. The van der Waals surface area contributed by atoms with Crippen molar-refractivity contribution in [1.82, 2.24) is 10.2 Å². The summed E-state index contributed by atoms with van der Waals surface area (Å²) in [6.45, 7) is 10.2. The van der Waals surface area contributed by atoms with Gasteiger partial charge in [-0.1, -0.05) is 32.0 Å². The first-order chi connectivity index (χ1) is 10.1. The Labute approximate surface area is 128 Å². The molecule has 2 aliphatic heterocycles. The van der Waals surface area contributed by atoms with Crippen LogP contribution in [0, 0.1) is 0 Å². The third-order valence-electron chi connectivity index (χ3n) is 5.37. The predicted octanol–water partition coefficient (Wildman–Crippen LogP) is 2.84. The molecule has 3 unspecified atom stereocenters.